The summed E-state index contributed by atoms with van der Waals surface area (Å²) >= 11 is 5.18. The van der Waals surface area contributed by atoms with E-state index in [-0.39, 0.29) is 18.1 Å². The molecule has 2 atom stereocenters. The fraction of sp³-hybridized carbons (Fsp3) is 0.867. The quantitative estimate of drug-likeness (QED) is 0.772. The molecule has 0 aromatic rings. The van der Waals surface area contributed by atoms with Crippen molar-refractivity contribution in [2.45, 2.75) is 51.2 Å². The van der Waals surface area contributed by atoms with Gasteiger partial charge in [-0.3, -0.25) is 9.69 Å². The number of hydrogen-bond donors (Lipinski definition) is 1. The predicted molar refractivity (Wildman–Crippen MR) is 87.2 cm³/mol. The molecule has 0 bridgehead atoms. The fourth-order valence-electron chi connectivity index (χ4n) is 3.17. The van der Waals surface area contributed by atoms with Gasteiger partial charge in [-0.25, -0.2) is 0 Å². The number of piperazine rings is 1. The molecule has 1 amide bonds. The van der Waals surface area contributed by atoms with Gasteiger partial charge in [-0.1, -0.05) is 25.6 Å². The Hall–Kier alpha value is -0.720. The maximum atomic E-state index is 12.4. The van der Waals surface area contributed by atoms with E-state index in [1.54, 1.807) is 0 Å². The molecule has 5 nitrogen and oxygen atoms in total. The molecule has 2 unspecified atom stereocenters. The molecule has 2 heterocycles. The van der Waals surface area contributed by atoms with Gasteiger partial charge in [0.2, 0.25) is 0 Å². The molecule has 2 saturated heterocycles. The highest BCUT2D eigenvalue weighted by molar-refractivity contribution is 7.80. The zero-order chi connectivity index (χ0) is 15.2. The van der Waals surface area contributed by atoms with Crippen LogP contribution in [0.5, 0.6) is 0 Å². The van der Waals surface area contributed by atoms with E-state index in [4.69, 9.17) is 22.7 Å². The Morgan fingerprint density at radius 2 is 2.05 bits per heavy atom. The average Bonchev–Trinajstić information content (AvgIpc) is 2.53. The lowest BCUT2D eigenvalue weighted by Crippen LogP contribution is -2.56. The minimum atomic E-state index is -0.215. The van der Waals surface area contributed by atoms with Gasteiger partial charge in [0, 0.05) is 32.8 Å². The Morgan fingerprint density at radius 3 is 2.57 bits per heavy atom. The maximum absolute atomic E-state index is 12.4. The molecular formula is C15H27N3O2S. The molecule has 2 N–H and O–H groups in total. The summed E-state index contributed by atoms with van der Waals surface area (Å²) in [5, 5.41) is 0. The van der Waals surface area contributed by atoms with Crippen molar-refractivity contribution in [3.05, 3.63) is 0 Å². The first kappa shape index (κ1) is 16.6. The summed E-state index contributed by atoms with van der Waals surface area (Å²) in [6, 6.07) is 0.174. The van der Waals surface area contributed by atoms with Gasteiger partial charge in [-0.2, -0.15) is 0 Å². The zero-order valence-corrected chi connectivity index (χ0v) is 13.7. The van der Waals surface area contributed by atoms with Crippen molar-refractivity contribution >= 4 is 23.1 Å². The molecule has 0 radical (unpaired) electrons. The van der Waals surface area contributed by atoms with Crippen LogP contribution in [0.15, 0.2) is 0 Å². The molecule has 0 aromatic heterocycles. The first-order chi connectivity index (χ1) is 10.1. The molecule has 21 heavy (non-hydrogen) atoms. The molecule has 0 aromatic carbocycles. The Kier molecular flexibility index (Phi) is 6.39. The van der Waals surface area contributed by atoms with Crippen LogP contribution in [-0.4, -0.2) is 65.6 Å². The summed E-state index contributed by atoms with van der Waals surface area (Å²) in [4.78, 5) is 17.3. The molecule has 2 aliphatic rings. The Bertz CT molecular complexity index is 364. The van der Waals surface area contributed by atoms with Gasteiger partial charge in [-0.05, 0) is 25.7 Å². The van der Waals surface area contributed by atoms with E-state index in [9.17, 15) is 4.79 Å². The van der Waals surface area contributed by atoms with Crippen LogP contribution in [0.4, 0.5) is 0 Å². The SMILES string of the molecule is CCCC(C(N)=S)N1CCN(C(=O)C2CCCCO2)CC1. The Labute approximate surface area is 132 Å². The van der Waals surface area contributed by atoms with Crippen molar-refractivity contribution in [1.29, 1.82) is 0 Å². The van der Waals surface area contributed by atoms with Gasteiger partial charge in [0.05, 0.1) is 11.0 Å². The summed E-state index contributed by atoms with van der Waals surface area (Å²) in [5.41, 5.74) is 5.85. The highest BCUT2D eigenvalue weighted by Crippen LogP contribution is 2.17. The lowest BCUT2D eigenvalue weighted by Gasteiger charge is -2.40. The minimum absolute atomic E-state index is 0.164. The topological polar surface area (TPSA) is 58.8 Å². The third-order valence-electron chi connectivity index (χ3n) is 4.41. The Balaban J connectivity index is 1.84. The van der Waals surface area contributed by atoms with Gasteiger partial charge in [0.1, 0.15) is 6.10 Å². The average molecular weight is 313 g/mol. The summed E-state index contributed by atoms with van der Waals surface area (Å²) in [6.07, 6.45) is 4.88. The van der Waals surface area contributed by atoms with Crippen molar-refractivity contribution in [2.75, 3.05) is 32.8 Å². The zero-order valence-electron chi connectivity index (χ0n) is 12.9. The Morgan fingerprint density at radius 1 is 1.33 bits per heavy atom. The van der Waals surface area contributed by atoms with Crippen molar-refractivity contribution in [3.63, 3.8) is 0 Å². The summed E-state index contributed by atoms with van der Waals surface area (Å²) in [7, 11) is 0. The lowest BCUT2D eigenvalue weighted by molar-refractivity contribution is -0.148. The summed E-state index contributed by atoms with van der Waals surface area (Å²) < 4.78 is 5.60. The maximum Gasteiger partial charge on any atom is 0.251 e. The number of thiocarbonyl (C=S) groups is 1. The van der Waals surface area contributed by atoms with Crippen LogP contribution in [0.1, 0.15) is 39.0 Å². The van der Waals surface area contributed by atoms with Crippen LogP contribution >= 0.6 is 12.2 Å². The standard InChI is InChI=1S/C15H27N3O2S/c1-2-5-12(14(16)21)17-7-9-18(10-8-17)15(19)13-6-3-4-11-20-13/h12-13H,2-11H2,1H3,(H2,16,21). The van der Waals surface area contributed by atoms with Gasteiger partial charge in [0.25, 0.3) is 5.91 Å². The van der Waals surface area contributed by atoms with Crippen LogP contribution in [0.25, 0.3) is 0 Å². The number of ether oxygens (including phenoxy) is 1. The van der Waals surface area contributed by atoms with Crippen LogP contribution in [0.3, 0.4) is 0 Å². The van der Waals surface area contributed by atoms with Gasteiger partial charge in [-0.15, -0.1) is 0 Å². The van der Waals surface area contributed by atoms with Gasteiger partial charge < -0.3 is 15.4 Å². The largest absolute Gasteiger partial charge is 0.392 e. The van der Waals surface area contributed by atoms with Crippen molar-refractivity contribution in [1.82, 2.24) is 9.80 Å². The molecule has 2 rings (SSSR count). The number of nitrogens with zero attached hydrogens (tertiary/aromatic N) is 2. The normalized spacial score (nSPS) is 25.6. The van der Waals surface area contributed by atoms with Crippen molar-refractivity contribution < 1.29 is 9.53 Å². The highest BCUT2D eigenvalue weighted by atomic mass is 32.1. The van der Waals surface area contributed by atoms with Gasteiger partial charge >= 0.3 is 0 Å². The van der Waals surface area contributed by atoms with Crippen molar-refractivity contribution in [3.8, 4) is 0 Å². The highest BCUT2D eigenvalue weighted by Gasteiger charge is 2.31. The predicted octanol–water partition coefficient (Wildman–Crippen LogP) is 1.15. The molecule has 0 aliphatic carbocycles. The second kappa shape index (κ2) is 8.06. The number of rotatable bonds is 5. The first-order valence-electron chi connectivity index (χ1n) is 8.07. The van der Waals surface area contributed by atoms with Crippen LogP contribution in [0, 0.1) is 0 Å². The van der Waals surface area contributed by atoms with E-state index in [1.165, 1.54) is 0 Å². The van der Waals surface area contributed by atoms with Crippen LogP contribution in [-0.2, 0) is 9.53 Å². The van der Waals surface area contributed by atoms with E-state index in [0.717, 1.165) is 64.9 Å². The minimum Gasteiger partial charge on any atom is -0.392 e. The molecule has 0 saturated carbocycles. The lowest BCUT2D eigenvalue weighted by atomic mass is 10.1. The molecule has 6 heteroatoms. The van der Waals surface area contributed by atoms with E-state index in [1.807, 2.05) is 4.90 Å². The fourth-order valence-corrected chi connectivity index (χ4v) is 3.44. The second-order valence-electron chi connectivity index (χ2n) is 5.92. The monoisotopic (exact) mass is 313 g/mol. The number of carbonyl (C=O) groups excluding carboxylic acids is 1. The summed E-state index contributed by atoms with van der Waals surface area (Å²) in [5.74, 6) is 0.164. The van der Waals surface area contributed by atoms with Gasteiger partial charge in [0.15, 0.2) is 0 Å². The second-order valence-corrected chi connectivity index (χ2v) is 6.39. The number of carbonyl (C=O) groups is 1. The number of hydrogen-bond acceptors (Lipinski definition) is 4. The molecular weight excluding hydrogens is 286 g/mol. The molecule has 2 aliphatic heterocycles. The van der Waals surface area contributed by atoms with E-state index < -0.39 is 0 Å². The number of nitrogens with two attached hydrogens (primary N) is 1. The van der Waals surface area contributed by atoms with E-state index >= 15 is 0 Å². The van der Waals surface area contributed by atoms with Crippen LogP contribution in [0.2, 0.25) is 0 Å². The first-order valence-corrected chi connectivity index (χ1v) is 8.48. The summed E-state index contributed by atoms with van der Waals surface area (Å²) in [6.45, 7) is 6.06. The third kappa shape index (κ3) is 4.37. The van der Waals surface area contributed by atoms with E-state index in [2.05, 4.69) is 11.8 Å². The van der Waals surface area contributed by atoms with Crippen LogP contribution < -0.4 is 5.73 Å². The van der Waals surface area contributed by atoms with E-state index in [0.29, 0.717) is 4.99 Å². The molecule has 2 fully saturated rings. The van der Waals surface area contributed by atoms with Crippen molar-refractivity contribution in [2.24, 2.45) is 5.73 Å². The smallest absolute Gasteiger partial charge is 0.251 e. The third-order valence-corrected chi connectivity index (χ3v) is 4.68. The number of amides is 1. The molecule has 0 spiro atoms. The molecule has 120 valence electrons.